The van der Waals surface area contributed by atoms with Crippen molar-refractivity contribution in [2.45, 2.75) is 70.8 Å². The van der Waals surface area contributed by atoms with Crippen molar-refractivity contribution < 1.29 is 0 Å². The second-order valence-corrected chi connectivity index (χ2v) is 6.75. The van der Waals surface area contributed by atoms with Gasteiger partial charge in [0, 0.05) is 18.0 Å². The van der Waals surface area contributed by atoms with E-state index in [0.29, 0.717) is 5.41 Å². The molecule has 0 saturated heterocycles. The minimum absolute atomic E-state index is 0.318. The van der Waals surface area contributed by atoms with Gasteiger partial charge in [0.2, 0.25) is 0 Å². The number of benzene rings is 1. The average Bonchev–Trinajstić information content (AvgIpc) is 3.29. The van der Waals surface area contributed by atoms with E-state index >= 15 is 0 Å². The van der Waals surface area contributed by atoms with Crippen LogP contribution in [0.1, 0.15) is 64.9 Å². The summed E-state index contributed by atoms with van der Waals surface area (Å²) in [4.78, 5) is 0. The molecule has 0 heterocycles. The summed E-state index contributed by atoms with van der Waals surface area (Å²) in [6, 6.07) is 12.0. The fraction of sp³-hybridized carbons (Fsp3) is 0.684. The van der Waals surface area contributed by atoms with Gasteiger partial charge >= 0.3 is 0 Å². The molecule has 1 aliphatic carbocycles. The smallest absolute Gasteiger partial charge is 0.00777 e. The van der Waals surface area contributed by atoms with Gasteiger partial charge in [0.05, 0.1) is 0 Å². The Kier molecular flexibility index (Phi) is 5.65. The maximum atomic E-state index is 3.79. The fourth-order valence-electron chi connectivity index (χ4n) is 3.45. The summed E-state index contributed by atoms with van der Waals surface area (Å²) < 4.78 is 0. The number of nitrogens with one attached hydrogen (secondary N) is 1. The predicted molar refractivity (Wildman–Crippen MR) is 88.1 cm³/mol. The van der Waals surface area contributed by atoms with Gasteiger partial charge in [-0.15, -0.1) is 0 Å². The summed E-state index contributed by atoms with van der Waals surface area (Å²) in [6.45, 7) is 8.23. The zero-order valence-corrected chi connectivity index (χ0v) is 13.5. The third-order valence-electron chi connectivity index (χ3n) is 4.89. The summed E-state index contributed by atoms with van der Waals surface area (Å²) in [5, 5.41) is 3.79. The van der Waals surface area contributed by atoms with E-state index in [-0.39, 0.29) is 0 Å². The molecule has 0 radical (unpaired) electrons. The molecule has 1 fully saturated rings. The molecule has 2 atom stereocenters. The van der Waals surface area contributed by atoms with Crippen LogP contribution in [-0.2, 0) is 5.41 Å². The molecule has 0 spiro atoms. The molecule has 1 heteroatoms. The first kappa shape index (κ1) is 15.6. The molecule has 1 aromatic carbocycles. The maximum Gasteiger partial charge on any atom is 0.00777 e. The minimum Gasteiger partial charge on any atom is -0.313 e. The van der Waals surface area contributed by atoms with Crippen LogP contribution >= 0.6 is 0 Å². The van der Waals surface area contributed by atoms with Crippen LogP contribution in [0.4, 0.5) is 0 Å². The second kappa shape index (κ2) is 7.26. The first-order chi connectivity index (χ1) is 9.70. The van der Waals surface area contributed by atoms with E-state index in [4.69, 9.17) is 0 Å². The van der Waals surface area contributed by atoms with Crippen molar-refractivity contribution in [2.75, 3.05) is 6.54 Å². The van der Waals surface area contributed by atoms with Crippen LogP contribution in [0.5, 0.6) is 0 Å². The van der Waals surface area contributed by atoms with Crippen LogP contribution in [0.15, 0.2) is 30.3 Å². The summed E-state index contributed by atoms with van der Waals surface area (Å²) >= 11 is 0. The van der Waals surface area contributed by atoms with Crippen molar-refractivity contribution >= 4 is 0 Å². The molecule has 1 aliphatic rings. The SMILES string of the molecule is CCCC(C)CC(CC)(CNC1CC1)c1ccccc1. The highest BCUT2D eigenvalue weighted by atomic mass is 15.0. The van der Waals surface area contributed by atoms with Crippen molar-refractivity contribution in [3.05, 3.63) is 35.9 Å². The molecule has 2 rings (SSSR count). The lowest BCUT2D eigenvalue weighted by Crippen LogP contribution is -2.40. The highest BCUT2D eigenvalue weighted by Gasteiger charge is 2.33. The van der Waals surface area contributed by atoms with Gasteiger partial charge in [-0.25, -0.2) is 0 Å². The Morgan fingerprint density at radius 2 is 1.90 bits per heavy atom. The molecule has 112 valence electrons. The minimum atomic E-state index is 0.318. The van der Waals surface area contributed by atoms with E-state index < -0.39 is 0 Å². The van der Waals surface area contributed by atoms with Gasteiger partial charge in [-0.3, -0.25) is 0 Å². The van der Waals surface area contributed by atoms with Gasteiger partial charge in [-0.05, 0) is 37.2 Å². The first-order valence-electron chi connectivity index (χ1n) is 8.49. The fourth-order valence-corrected chi connectivity index (χ4v) is 3.45. The molecule has 1 nitrogen and oxygen atoms in total. The molecule has 0 aromatic heterocycles. The van der Waals surface area contributed by atoms with Crippen molar-refractivity contribution in [1.82, 2.24) is 5.32 Å². The van der Waals surface area contributed by atoms with E-state index in [9.17, 15) is 0 Å². The van der Waals surface area contributed by atoms with E-state index in [1.54, 1.807) is 0 Å². The largest absolute Gasteiger partial charge is 0.313 e. The Bertz CT molecular complexity index is 382. The number of hydrogen-bond acceptors (Lipinski definition) is 1. The quantitative estimate of drug-likeness (QED) is 0.674. The monoisotopic (exact) mass is 273 g/mol. The van der Waals surface area contributed by atoms with Gasteiger partial charge in [0.15, 0.2) is 0 Å². The third kappa shape index (κ3) is 4.09. The van der Waals surface area contributed by atoms with Crippen molar-refractivity contribution in [3.63, 3.8) is 0 Å². The molecule has 20 heavy (non-hydrogen) atoms. The third-order valence-corrected chi connectivity index (χ3v) is 4.89. The maximum absolute atomic E-state index is 3.79. The van der Waals surface area contributed by atoms with Gasteiger partial charge < -0.3 is 5.32 Å². The Morgan fingerprint density at radius 3 is 2.45 bits per heavy atom. The Labute approximate surface area is 125 Å². The Hall–Kier alpha value is -0.820. The average molecular weight is 273 g/mol. The van der Waals surface area contributed by atoms with E-state index in [1.807, 2.05) is 0 Å². The molecule has 1 N–H and O–H groups in total. The lowest BCUT2D eigenvalue weighted by molar-refractivity contribution is 0.290. The lowest BCUT2D eigenvalue weighted by Gasteiger charge is -2.36. The standard InChI is InChI=1S/C19H31N/c1-4-9-16(3)14-19(5-2,15-20-18-12-13-18)17-10-7-6-8-11-17/h6-8,10-11,16,18,20H,4-5,9,12-15H2,1-3H3. The van der Waals surface area contributed by atoms with E-state index in [1.165, 1.54) is 44.1 Å². The van der Waals surface area contributed by atoms with Crippen molar-refractivity contribution in [3.8, 4) is 0 Å². The van der Waals surface area contributed by atoms with Gasteiger partial charge in [-0.2, -0.15) is 0 Å². The molecule has 0 aliphatic heterocycles. The van der Waals surface area contributed by atoms with Crippen molar-refractivity contribution in [1.29, 1.82) is 0 Å². The van der Waals surface area contributed by atoms with E-state index in [2.05, 4.69) is 56.4 Å². The van der Waals surface area contributed by atoms with Crippen LogP contribution in [0.2, 0.25) is 0 Å². The van der Waals surface area contributed by atoms with Crippen molar-refractivity contribution in [2.24, 2.45) is 5.92 Å². The summed E-state index contributed by atoms with van der Waals surface area (Å²) in [6.07, 6.45) is 7.92. The molecule has 0 amide bonds. The molecule has 1 aromatic rings. The summed E-state index contributed by atoms with van der Waals surface area (Å²) in [7, 11) is 0. The van der Waals surface area contributed by atoms with Crippen LogP contribution in [0.3, 0.4) is 0 Å². The van der Waals surface area contributed by atoms with Crippen LogP contribution in [0.25, 0.3) is 0 Å². The number of rotatable bonds is 9. The second-order valence-electron chi connectivity index (χ2n) is 6.75. The van der Waals surface area contributed by atoms with Crippen LogP contribution in [0, 0.1) is 5.92 Å². The molecule has 1 saturated carbocycles. The van der Waals surface area contributed by atoms with Crippen LogP contribution in [-0.4, -0.2) is 12.6 Å². The molecule has 0 bridgehead atoms. The Morgan fingerprint density at radius 1 is 1.20 bits per heavy atom. The molecular formula is C19H31N. The highest BCUT2D eigenvalue weighted by molar-refractivity contribution is 5.26. The summed E-state index contributed by atoms with van der Waals surface area (Å²) in [5.74, 6) is 0.807. The first-order valence-corrected chi connectivity index (χ1v) is 8.49. The number of hydrogen-bond donors (Lipinski definition) is 1. The van der Waals surface area contributed by atoms with Gasteiger partial charge in [-0.1, -0.05) is 63.9 Å². The Balaban J connectivity index is 2.14. The van der Waals surface area contributed by atoms with Gasteiger partial charge in [0.25, 0.3) is 0 Å². The topological polar surface area (TPSA) is 12.0 Å². The zero-order chi connectivity index (χ0) is 14.4. The van der Waals surface area contributed by atoms with E-state index in [0.717, 1.165) is 18.5 Å². The molecular weight excluding hydrogens is 242 g/mol. The summed E-state index contributed by atoms with van der Waals surface area (Å²) in [5.41, 5.74) is 1.84. The highest BCUT2D eigenvalue weighted by Crippen LogP contribution is 2.36. The van der Waals surface area contributed by atoms with Crippen LogP contribution < -0.4 is 5.32 Å². The normalized spacial score (nSPS) is 19.6. The zero-order valence-electron chi connectivity index (χ0n) is 13.5. The molecule has 2 unspecified atom stereocenters. The van der Waals surface area contributed by atoms with Gasteiger partial charge in [0.1, 0.15) is 0 Å². The predicted octanol–water partition coefficient (Wildman–Crippen LogP) is 4.91. The lowest BCUT2D eigenvalue weighted by atomic mass is 9.71.